The largest absolute Gasteiger partial charge is 0.397 e. The van der Waals surface area contributed by atoms with Gasteiger partial charge in [0.1, 0.15) is 0 Å². The van der Waals surface area contributed by atoms with Crippen LogP contribution in [0.4, 0.5) is 11.4 Å². The number of nitriles is 1. The molecule has 4 heteroatoms. The summed E-state index contributed by atoms with van der Waals surface area (Å²) in [7, 11) is 0. The lowest BCUT2D eigenvalue weighted by Crippen LogP contribution is -2.06. The molecule has 0 bridgehead atoms. The summed E-state index contributed by atoms with van der Waals surface area (Å²) in [5.41, 5.74) is 7.92. The summed E-state index contributed by atoms with van der Waals surface area (Å²) in [5, 5.41) is 12.0. The second kappa shape index (κ2) is 6.81. The highest BCUT2D eigenvalue weighted by atomic mass is 32.2. The Morgan fingerprint density at radius 3 is 3.06 bits per heavy atom. The van der Waals surface area contributed by atoms with Crippen molar-refractivity contribution in [3.05, 3.63) is 36.4 Å². The first-order chi connectivity index (χ1) is 7.77. The van der Waals surface area contributed by atoms with E-state index in [1.165, 1.54) is 0 Å². The molecule has 0 aliphatic rings. The molecule has 3 N–H and O–H groups in total. The van der Waals surface area contributed by atoms with E-state index in [1.54, 1.807) is 30.0 Å². The van der Waals surface area contributed by atoms with Crippen LogP contribution >= 0.6 is 11.8 Å². The molecule has 0 spiro atoms. The third kappa shape index (κ3) is 3.87. The Hall–Kier alpha value is -1.60. The number of hydrogen-bond acceptors (Lipinski definition) is 4. The molecule has 3 nitrogen and oxygen atoms in total. The van der Waals surface area contributed by atoms with Crippen molar-refractivity contribution < 1.29 is 0 Å². The van der Waals surface area contributed by atoms with Crippen LogP contribution < -0.4 is 11.1 Å². The molecule has 1 aromatic rings. The smallest absolute Gasteiger partial charge is 0.0992 e. The topological polar surface area (TPSA) is 61.8 Å². The summed E-state index contributed by atoms with van der Waals surface area (Å²) in [5.74, 6) is 1.94. The van der Waals surface area contributed by atoms with Crippen molar-refractivity contribution in [2.45, 2.75) is 0 Å². The van der Waals surface area contributed by atoms with E-state index in [4.69, 9.17) is 11.0 Å². The fourth-order valence-corrected chi connectivity index (χ4v) is 1.78. The molecule has 0 heterocycles. The van der Waals surface area contributed by atoms with Crippen LogP contribution in [0.25, 0.3) is 0 Å². The van der Waals surface area contributed by atoms with Crippen LogP contribution in [0.5, 0.6) is 0 Å². The first kappa shape index (κ1) is 12.5. The fourth-order valence-electron chi connectivity index (χ4n) is 1.20. The molecule has 0 fully saturated rings. The monoisotopic (exact) mass is 233 g/mol. The average Bonchev–Trinajstić information content (AvgIpc) is 2.31. The molecule has 84 valence electrons. The van der Waals surface area contributed by atoms with Crippen LogP contribution in [0.2, 0.25) is 0 Å². The number of benzene rings is 1. The normalized spacial score (nSPS) is 9.44. The molecular weight excluding hydrogens is 218 g/mol. The molecule has 0 saturated heterocycles. The van der Waals surface area contributed by atoms with Gasteiger partial charge in [-0.05, 0) is 18.2 Å². The second-order valence-corrected chi connectivity index (χ2v) is 4.35. The number of nitrogens with zero attached hydrogens (tertiary/aromatic N) is 1. The van der Waals surface area contributed by atoms with Crippen LogP contribution in [0.3, 0.4) is 0 Å². The lowest BCUT2D eigenvalue weighted by Gasteiger charge is -2.08. The van der Waals surface area contributed by atoms with E-state index < -0.39 is 0 Å². The number of thioether (sulfide) groups is 1. The molecule has 0 amide bonds. The van der Waals surface area contributed by atoms with E-state index in [0.29, 0.717) is 11.3 Å². The first-order valence-corrected chi connectivity index (χ1v) is 6.15. The van der Waals surface area contributed by atoms with Gasteiger partial charge in [-0.15, -0.1) is 6.58 Å². The van der Waals surface area contributed by atoms with Crippen LogP contribution in [0, 0.1) is 11.3 Å². The Morgan fingerprint density at radius 1 is 1.56 bits per heavy atom. The zero-order valence-electron chi connectivity index (χ0n) is 9.07. The summed E-state index contributed by atoms with van der Waals surface area (Å²) in [6.45, 7) is 4.49. The van der Waals surface area contributed by atoms with Crippen molar-refractivity contribution in [3.8, 4) is 6.07 Å². The van der Waals surface area contributed by atoms with Crippen molar-refractivity contribution in [1.29, 1.82) is 5.26 Å². The van der Waals surface area contributed by atoms with Crippen molar-refractivity contribution in [3.63, 3.8) is 0 Å². The number of nitrogens with one attached hydrogen (secondary N) is 1. The number of nitrogens with two attached hydrogens (primary N) is 1. The molecule has 0 atom stereocenters. The Bertz CT molecular complexity index is 396. The summed E-state index contributed by atoms with van der Waals surface area (Å²) in [6, 6.07) is 7.33. The predicted molar refractivity (Wildman–Crippen MR) is 71.6 cm³/mol. The molecule has 0 unspecified atom stereocenters. The summed E-state index contributed by atoms with van der Waals surface area (Å²) in [6.07, 6.45) is 1.88. The molecule has 16 heavy (non-hydrogen) atoms. The van der Waals surface area contributed by atoms with Gasteiger partial charge in [-0.1, -0.05) is 6.08 Å². The van der Waals surface area contributed by atoms with Crippen molar-refractivity contribution in [2.24, 2.45) is 0 Å². The first-order valence-electron chi connectivity index (χ1n) is 5.00. The number of hydrogen-bond donors (Lipinski definition) is 2. The maximum Gasteiger partial charge on any atom is 0.0992 e. The third-order valence-electron chi connectivity index (χ3n) is 1.98. The number of nitrogen functional groups attached to an aromatic ring is 1. The van der Waals surface area contributed by atoms with Crippen molar-refractivity contribution in [1.82, 2.24) is 0 Å². The van der Waals surface area contributed by atoms with Gasteiger partial charge < -0.3 is 11.1 Å². The van der Waals surface area contributed by atoms with Crippen molar-refractivity contribution in [2.75, 3.05) is 29.1 Å². The standard InChI is InChI=1S/C12H15N3S/c1-2-6-16-7-5-15-12-8-10(9-13)3-4-11(12)14/h2-4,8,15H,1,5-7,14H2. The molecule has 0 aromatic heterocycles. The summed E-state index contributed by atoms with van der Waals surface area (Å²) < 4.78 is 0. The van der Waals surface area contributed by atoms with E-state index >= 15 is 0 Å². The summed E-state index contributed by atoms with van der Waals surface area (Å²) >= 11 is 1.80. The van der Waals surface area contributed by atoms with Gasteiger partial charge in [-0.25, -0.2) is 0 Å². The maximum atomic E-state index is 8.76. The van der Waals surface area contributed by atoms with E-state index in [0.717, 1.165) is 23.7 Å². The van der Waals surface area contributed by atoms with Gasteiger partial charge in [0, 0.05) is 18.1 Å². The highest BCUT2D eigenvalue weighted by Gasteiger charge is 1.99. The lowest BCUT2D eigenvalue weighted by atomic mass is 10.2. The van der Waals surface area contributed by atoms with Crippen LogP contribution in [0.1, 0.15) is 5.56 Å². The van der Waals surface area contributed by atoms with Crippen LogP contribution in [-0.4, -0.2) is 18.1 Å². The number of anilines is 2. The molecular formula is C12H15N3S. The molecule has 0 aliphatic carbocycles. The lowest BCUT2D eigenvalue weighted by molar-refractivity contribution is 1.23. The van der Waals surface area contributed by atoms with Gasteiger partial charge in [-0.2, -0.15) is 17.0 Å². The fraction of sp³-hybridized carbons (Fsp3) is 0.250. The minimum absolute atomic E-state index is 0.621. The quantitative estimate of drug-likeness (QED) is 0.450. The molecule has 0 radical (unpaired) electrons. The average molecular weight is 233 g/mol. The highest BCUT2D eigenvalue weighted by Crippen LogP contribution is 2.19. The van der Waals surface area contributed by atoms with Gasteiger partial charge in [0.25, 0.3) is 0 Å². The van der Waals surface area contributed by atoms with Crippen LogP contribution in [0.15, 0.2) is 30.9 Å². The van der Waals surface area contributed by atoms with E-state index in [1.807, 2.05) is 6.08 Å². The van der Waals surface area contributed by atoms with Crippen LogP contribution in [-0.2, 0) is 0 Å². The third-order valence-corrected chi connectivity index (χ3v) is 2.94. The number of rotatable bonds is 6. The molecule has 0 aliphatic heterocycles. The second-order valence-electron chi connectivity index (χ2n) is 3.20. The zero-order valence-corrected chi connectivity index (χ0v) is 9.89. The highest BCUT2D eigenvalue weighted by molar-refractivity contribution is 7.99. The maximum absolute atomic E-state index is 8.76. The van der Waals surface area contributed by atoms with E-state index in [9.17, 15) is 0 Å². The van der Waals surface area contributed by atoms with Crippen molar-refractivity contribution >= 4 is 23.1 Å². The van der Waals surface area contributed by atoms with Gasteiger partial charge in [0.15, 0.2) is 0 Å². The van der Waals surface area contributed by atoms with Gasteiger partial charge >= 0.3 is 0 Å². The predicted octanol–water partition coefficient (Wildman–Crippen LogP) is 2.47. The van der Waals surface area contributed by atoms with E-state index in [-0.39, 0.29) is 0 Å². The van der Waals surface area contributed by atoms with Gasteiger partial charge in [0.05, 0.1) is 23.0 Å². The SMILES string of the molecule is C=CCSCCNc1cc(C#N)ccc1N. The molecule has 1 rings (SSSR count). The zero-order chi connectivity index (χ0) is 11.8. The minimum atomic E-state index is 0.621. The van der Waals surface area contributed by atoms with E-state index in [2.05, 4.69) is 18.0 Å². The molecule has 0 saturated carbocycles. The Labute approximate surface area is 100 Å². The van der Waals surface area contributed by atoms with Gasteiger partial charge in [0.2, 0.25) is 0 Å². The summed E-state index contributed by atoms with van der Waals surface area (Å²) in [4.78, 5) is 0. The minimum Gasteiger partial charge on any atom is -0.397 e. The molecule has 1 aromatic carbocycles. The Kier molecular flexibility index (Phi) is 5.30. The Balaban J connectivity index is 2.47. The van der Waals surface area contributed by atoms with Gasteiger partial charge in [-0.3, -0.25) is 0 Å². The Morgan fingerprint density at radius 2 is 2.38 bits per heavy atom.